The van der Waals surface area contributed by atoms with Gasteiger partial charge in [0.15, 0.2) is 11.5 Å². The Bertz CT molecular complexity index is 793. The van der Waals surface area contributed by atoms with Gasteiger partial charge in [0.25, 0.3) is 0 Å². The first-order chi connectivity index (χ1) is 10.6. The number of halogens is 2. The van der Waals surface area contributed by atoms with E-state index in [2.05, 4.69) is 21.2 Å². The molecule has 0 saturated heterocycles. The van der Waals surface area contributed by atoms with Crippen LogP contribution < -0.4 is 14.8 Å². The van der Waals surface area contributed by atoms with Crippen LogP contribution in [0, 0.1) is 5.82 Å². The molecular weight excluding hydrogens is 353 g/mol. The number of hydrogen-bond acceptors (Lipinski definition) is 3. The monoisotopic (exact) mass is 363 g/mol. The molecule has 0 saturated carbocycles. The van der Waals surface area contributed by atoms with E-state index in [4.69, 9.17) is 9.47 Å². The Labute approximate surface area is 134 Å². The van der Waals surface area contributed by atoms with Crippen molar-refractivity contribution in [2.75, 3.05) is 12.1 Å². The van der Waals surface area contributed by atoms with Gasteiger partial charge < -0.3 is 14.8 Å². The Balaban J connectivity index is 1.84. The first-order valence-electron chi connectivity index (χ1n) is 6.80. The highest BCUT2D eigenvalue weighted by Gasteiger charge is 2.30. The molecule has 4 nitrogen and oxygen atoms in total. The van der Waals surface area contributed by atoms with Crippen LogP contribution in [-0.4, -0.2) is 12.7 Å². The normalized spacial score (nSPS) is 18.8. The number of carbonyl (C=O) groups excluding carboxylic acids is 1. The van der Waals surface area contributed by atoms with E-state index in [1.165, 1.54) is 6.07 Å². The molecule has 1 amide bonds. The molecule has 0 fully saturated rings. The number of benzene rings is 2. The maximum atomic E-state index is 13.5. The molecule has 0 spiro atoms. The summed E-state index contributed by atoms with van der Waals surface area (Å²) < 4.78 is 24.6. The summed E-state index contributed by atoms with van der Waals surface area (Å²) in [6, 6.07) is 8.49. The predicted octanol–water partition coefficient (Wildman–Crippen LogP) is 3.79. The van der Waals surface area contributed by atoms with Gasteiger partial charge in [-0.1, -0.05) is 6.07 Å². The first-order valence-corrected chi connectivity index (χ1v) is 7.59. The summed E-state index contributed by atoms with van der Waals surface area (Å²) >= 11 is 3.20. The average molecular weight is 364 g/mol. The summed E-state index contributed by atoms with van der Waals surface area (Å²) in [6.07, 6.45) is 0.310. The highest BCUT2D eigenvalue weighted by Crippen LogP contribution is 2.45. The summed E-state index contributed by atoms with van der Waals surface area (Å²) in [4.78, 5) is 12.0. The van der Waals surface area contributed by atoms with Gasteiger partial charge in [0, 0.05) is 24.1 Å². The molecule has 4 rings (SSSR count). The Hall–Kier alpha value is -2.08. The van der Waals surface area contributed by atoms with Gasteiger partial charge in [-0.2, -0.15) is 0 Å². The fourth-order valence-electron chi connectivity index (χ4n) is 2.88. The summed E-state index contributed by atoms with van der Waals surface area (Å²) in [5, 5.41) is 2.86. The van der Waals surface area contributed by atoms with Crippen molar-refractivity contribution >= 4 is 27.5 Å². The molecule has 1 atom stereocenters. The molecule has 112 valence electrons. The molecule has 2 aliphatic rings. The fourth-order valence-corrected chi connectivity index (χ4v) is 3.27. The van der Waals surface area contributed by atoms with Gasteiger partial charge in [-0.05, 0) is 45.3 Å². The third-order valence-electron chi connectivity index (χ3n) is 3.93. The van der Waals surface area contributed by atoms with E-state index in [-0.39, 0.29) is 24.4 Å². The van der Waals surface area contributed by atoms with Crippen molar-refractivity contribution in [1.29, 1.82) is 0 Å². The van der Waals surface area contributed by atoms with Gasteiger partial charge in [-0.3, -0.25) is 4.79 Å². The van der Waals surface area contributed by atoms with Crippen molar-refractivity contribution in [1.82, 2.24) is 0 Å². The SMILES string of the molecule is O=C1C[C@H](c2ccc(F)c(Br)c2)c2cc3c(cc2N1)OCO3. The highest BCUT2D eigenvalue weighted by atomic mass is 79.9. The molecule has 0 radical (unpaired) electrons. The molecule has 2 aromatic carbocycles. The second-order valence-corrected chi connectivity index (χ2v) is 6.13. The predicted molar refractivity (Wildman–Crippen MR) is 81.8 cm³/mol. The number of amides is 1. The quantitative estimate of drug-likeness (QED) is 0.838. The highest BCUT2D eigenvalue weighted by molar-refractivity contribution is 9.10. The maximum absolute atomic E-state index is 13.5. The van der Waals surface area contributed by atoms with Crippen LogP contribution in [0.2, 0.25) is 0 Å². The number of nitrogens with one attached hydrogen (secondary N) is 1. The van der Waals surface area contributed by atoms with Gasteiger partial charge in [0.05, 0.1) is 4.47 Å². The average Bonchev–Trinajstić information content (AvgIpc) is 2.94. The standard InChI is InChI=1S/C16H11BrFNO3/c17-11-3-8(1-2-12(11)18)9-5-16(20)19-13-6-15-14(4-10(9)13)21-7-22-15/h1-4,6,9H,5,7H2,(H,19,20)/t9-/m1/s1. The second kappa shape index (κ2) is 4.98. The first kappa shape index (κ1) is 13.6. The van der Waals surface area contributed by atoms with Crippen LogP contribution in [0.4, 0.5) is 10.1 Å². The third-order valence-corrected chi connectivity index (χ3v) is 4.54. The summed E-state index contributed by atoms with van der Waals surface area (Å²) in [5.74, 6) is 0.753. The van der Waals surface area contributed by atoms with Gasteiger partial charge in [-0.25, -0.2) is 4.39 Å². The van der Waals surface area contributed by atoms with E-state index >= 15 is 0 Å². The van der Waals surface area contributed by atoms with Crippen molar-refractivity contribution in [3.8, 4) is 11.5 Å². The van der Waals surface area contributed by atoms with Crippen molar-refractivity contribution < 1.29 is 18.7 Å². The van der Waals surface area contributed by atoms with Gasteiger partial charge >= 0.3 is 0 Å². The minimum Gasteiger partial charge on any atom is -0.454 e. The van der Waals surface area contributed by atoms with Crippen LogP contribution in [0.5, 0.6) is 11.5 Å². The Morgan fingerprint density at radius 2 is 1.95 bits per heavy atom. The van der Waals surface area contributed by atoms with E-state index in [1.807, 2.05) is 6.07 Å². The van der Waals surface area contributed by atoms with Crippen LogP contribution in [0.3, 0.4) is 0 Å². The van der Waals surface area contributed by atoms with Crippen molar-refractivity contribution in [3.63, 3.8) is 0 Å². The zero-order valence-corrected chi connectivity index (χ0v) is 12.9. The lowest BCUT2D eigenvalue weighted by Gasteiger charge is -2.26. The molecule has 2 aromatic rings. The van der Waals surface area contributed by atoms with Crippen LogP contribution in [0.1, 0.15) is 23.5 Å². The Kier molecular flexibility index (Phi) is 3.07. The lowest BCUT2D eigenvalue weighted by atomic mass is 9.84. The van der Waals surface area contributed by atoms with Crippen LogP contribution >= 0.6 is 15.9 Å². The zero-order valence-electron chi connectivity index (χ0n) is 11.4. The summed E-state index contributed by atoms with van der Waals surface area (Å²) in [6.45, 7) is 0.180. The Morgan fingerprint density at radius 3 is 2.73 bits per heavy atom. The topological polar surface area (TPSA) is 47.6 Å². The number of fused-ring (bicyclic) bond motifs is 2. The van der Waals surface area contributed by atoms with Gasteiger partial charge in [-0.15, -0.1) is 0 Å². The molecule has 2 aliphatic heterocycles. The molecule has 2 heterocycles. The van der Waals surface area contributed by atoms with E-state index in [9.17, 15) is 9.18 Å². The third kappa shape index (κ3) is 2.14. The molecule has 0 bridgehead atoms. The fraction of sp³-hybridized carbons (Fsp3) is 0.188. The number of ether oxygens (including phenoxy) is 2. The summed E-state index contributed by atoms with van der Waals surface area (Å²) in [7, 11) is 0. The minimum absolute atomic E-state index is 0.0724. The van der Waals surface area contributed by atoms with Gasteiger partial charge in [0.1, 0.15) is 5.82 Å². The Morgan fingerprint density at radius 1 is 1.18 bits per heavy atom. The second-order valence-electron chi connectivity index (χ2n) is 5.27. The zero-order chi connectivity index (χ0) is 15.3. The number of anilines is 1. The minimum atomic E-state index is -0.324. The van der Waals surface area contributed by atoms with Crippen molar-refractivity contribution in [3.05, 3.63) is 51.7 Å². The summed E-state index contributed by atoms with van der Waals surface area (Å²) in [5.41, 5.74) is 2.54. The van der Waals surface area contributed by atoms with E-state index < -0.39 is 0 Å². The van der Waals surface area contributed by atoms with Crippen molar-refractivity contribution in [2.45, 2.75) is 12.3 Å². The van der Waals surface area contributed by atoms with E-state index in [0.717, 1.165) is 11.1 Å². The number of rotatable bonds is 1. The molecule has 22 heavy (non-hydrogen) atoms. The molecule has 0 aliphatic carbocycles. The van der Waals surface area contributed by atoms with Crippen molar-refractivity contribution in [2.24, 2.45) is 0 Å². The molecule has 0 unspecified atom stereocenters. The van der Waals surface area contributed by atoms with Crippen LogP contribution in [0.15, 0.2) is 34.8 Å². The molecule has 0 aromatic heterocycles. The molecule has 1 N–H and O–H groups in total. The lowest BCUT2D eigenvalue weighted by Crippen LogP contribution is -2.23. The number of hydrogen-bond donors (Lipinski definition) is 1. The number of carbonyl (C=O) groups is 1. The van der Waals surface area contributed by atoms with Gasteiger partial charge in [0.2, 0.25) is 12.7 Å². The lowest BCUT2D eigenvalue weighted by molar-refractivity contribution is -0.116. The molecular formula is C16H11BrFNO3. The van der Waals surface area contributed by atoms with Crippen LogP contribution in [0.25, 0.3) is 0 Å². The smallest absolute Gasteiger partial charge is 0.231 e. The molecule has 6 heteroatoms. The van der Waals surface area contributed by atoms with E-state index in [0.29, 0.717) is 28.1 Å². The van der Waals surface area contributed by atoms with E-state index in [1.54, 1.807) is 18.2 Å². The largest absolute Gasteiger partial charge is 0.454 e. The van der Waals surface area contributed by atoms with Crippen LogP contribution in [-0.2, 0) is 4.79 Å². The maximum Gasteiger partial charge on any atom is 0.231 e.